The molecule has 1 aromatic rings. The van der Waals surface area contributed by atoms with Crippen molar-refractivity contribution in [3.63, 3.8) is 0 Å². The summed E-state index contributed by atoms with van der Waals surface area (Å²) in [5.41, 5.74) is 0. The summed E-state index contributed by atoms with van der Waals surface area (Å²) in [4.78, 5) is 13.8. The minimum Gasteiger partial charge on any atom is -0.486 e. The van der Waals surface area contributed by atoms with Gasteiger partial charge >= 0.3 is 5.97 Å². The number of hydrogen-bond donors (Lipinski definition) is 0. The highest BCUT2D eigenvalue weighted by Gasteiger charge is 2.34. The second-order valence-corrected chi connectivity index (χ2v) is 5.46. The van der Waals surface area contributed by atoms with E-state index in [2.05, 4.69) is 4.90 Å². The van der Waals surface area contributed by atoms with Crippen LogP contribution in [0, 0.1) is 0 Å². The summed E-state index contributed by atoms with van der Waals surface area (Å²) < 4.78 is 16.7. The molecule has 0 aromatic heterocycles. The van der Waals surface area contributed by atoms with Crippen molar-refractivity contribution in [1.82, 2.24) is 4.90 Å². The van der Waals surface area contributed by atoms with E-state index >= 15 is 0 Å². The topological polar surface area (TPSA) is 48.0 Å². The van der Waals surface area contributed by atoms with E-state index in [1.54, 1.807) is 0 Å². The summed E-state index contributed by atoms with van der Waals surface area (Å²) in [5, 5.41) is 0. The molecule has 1 aromatic carbocycles. The molecule has 1 fully saturated rings. The predicted molar refractivity (Wildman–Crippen MR) is 77.6 cm³/mol. The Morgan fingerprint density at radius 1 is 1.33 bits per heavy atom. The number of nitrogens with zero attached hydrogens (tertiary/aromatic N) is 1. The molecule has 1 saturated carbocycles. The van der Waals surface area contributed by atoms with Crippen molar-refractivity contribution >= 4 is 5.97 Å². The average Bonchev–Trinajstić information content (AvgIpc) is 3.31. The number of para-hydroxylation sites is 2. The molecule has 2 aliphatic rings. The predicted octanol–water partition coefficient (Wildman–Crippen LogP) is 1.85. The van der Waals surface area contributed by atoms with E-state index in [1.807, 2.05) is 31.2 Å². The van der Waals surface area contributed by atoms with Gasteiger partial charge in [-0.05, 0) is 31.9 Å². The molecule has 1 atom stereocenters. The van der Waals surface area contributed by atoms with Crippen molar-refractivity contribution in [3.05, 3.63) is 24.3 Å². The van der Waals surface area contributed by atoms with E-state index in [-0.39, 0.29) is 12.1 Å². The Balaban J connectivity index is 1.58. The number of hydrogen-bond acceptors (Lipinski definition) is 5. The van der Waals surface area contributed by atoms with Crippen molar-refractivity contribution < 1.29 is 19.0 Å². The maximum absolute atomic E-state index is 11.7. The van der Waals surface area contributed by atoms with Gasteiger partial charge in [0.2, 0.25) is 0 Å². The first-order chi connectivity index (χ1) is 10.3. The first-order valence-corrected chi connectivity index (χ1v) is 7.54. The molecular weight excluding hydrogens is 270 g/mol. The SMILES string of the molecule is CCOC(=O)CN(CC1COc2ccccc2O1)C1CC1. The van der Waals surface area contributed by atoms with E-state index in [0.29, 0.717) is 32.3 Å². The smallest absolute Gasteiger partial charge is 0.320 e. The molecule has 0 N–H and O–H groups in total. The molecule has 1 heterocycles. The molecule has 0 bridgehead atoms. The van der Waals surface area contributed by atoms with E-state index in [9.17, 15) is 4.79 Å². The highest BCUT2D eigenvalue weighted by molar-refractivity contribution is 5.71. The standard InChI is InChI=1S/C16H21NO4/c1-2-19-16(18)10-17(12-7-8-12)9-13-11-20-14-5-3-4-6-15(14)21-13/h3-6,12-13H,2,7-11H2,1H3. The first kappa shape index (κ1) is 14.2. The maximum atomic E-state index is 11.7. The molecule has 1 unspecified atom stereocenters. The molecule has 0 radical (unpaired) electrons. The Hall–Kier alpha value is -1.75. The highest BCUT2D eigenvalue weighted by Crippen LogP contribution is 2.32. The lowest BCUT2D eigenvalue weighted by Gasteiger charge is -2.31. The quantitative estimate of drug-likeness (QED) is 0.749. The second kappa shape index (κ2) is 6.35. The van der Waals surface area contributed by atoms with Gasteiger partial charge in [0.25, 0.3) is 0 Å². The maximum Gasteiger partial charge on any atom is 0.320 e. The fourth-order valence-corrected chi connectivity index (χ4v) is 2.57. The number of rotatable bonds is 6. The third-order valence-electron chi connectivity index (χ3n) is 3.71. The minimum absolute atomic E-state index is 0.0464. The van der Waals surface area contributed by atoms with Crippen molar-refractivity contribution in [3.8, 4) is 11.5 Å². The molecule has 1 aliphatic heterocycles. The van der Waals surface area contributed by atoms with Crippen LogP contribution in [0.3, 0.4) is 0 Å². The lowest BCUT2D eigenvalue weighted by atomic mass is 10.2. The molecule has 1 aliphatic carbocycles. The number of carbonyl (C=O) groups is 1. The van der Waals surface area contributed by atoms with E-state index in [0.717, 1.165) is 24.3 Å². The van der Waals surface area contributed by atoms with Crippen LogP contribution in [0.15, 0.2) is 24.3 Å². The molecular formula is C16H21NO4. The van der Waals surface area contributed by atoms with E-state index in [4.69, 9.17) is 14.2 Å². The molecule has 3 rings (SSSR count). The molecule has 5 nitrogen and oxygen atoms in total. The summed E-state index contributed by atoms with van der Waals surface area (Å²) in [5.74, 6) is 1.40. The Labute approximate surface area is 124 Å². The van der Waals surface area contributed by atoms with Crippen LogP contribution in [-0.2, 0) is 9.53 Å². The third kappa shape index (κ3) is 3.67. The Morgan fingerprint density at radius 2 is 2.10 bits per heavy atom. The summed E-state index contributed by atoms with van der Waals surface area (Å²) in [6.45, 7) is 3.79. The van der Waals surface area contributed by atoms with Crippen molar-refractivity contribution in [2.45, 2.75) is 31.9 Å². The van der Waals surface area contributed by atoms with Gasteiger partial charge in [0.1, 0.15) is 12.7 Å². The molecule has 114 valence electrons. The number of carbonyl (C=O) groups excluding carboxylic acids is 1. The summed E-state index contributed by atoms with van der Waals surface area (Å²) in [7, 11) is 0. The Morgan fingerprint density at radius 3 is 2.81 bits per heavy atom. The van der Waals surface area contributed by atoms with Gasteiger partial charge < -0.3 is 14.2 Å². The zero-order valence-electron chi connectivity index (χ0n) is 12.3. The van der Waals surface area contributed by atoms with Crippen LogP contribution in [0.2, 0.25) is 0 Å². The zero-order valence-corrected chi connectivity index (χ0v) is 12.3. The van der Waals surface area contributed by atoms with Crippen LogP contribution in [0.25, 0.3) is 0 Å². The van der Waals surface area contributed by atoms with Crippen LogP contribution < -0.4 is 9.47 Å². The van der Waals surface area contributed by atoms with E-state index in [1.165, 1.54) is 0 Å². The summed E-state index contributed by atoms with van der Waals surface area (Å²) in [6.07, 6.45) is 2.24. The van der Waals surface area contributed by atoms with Gasteiger partial charge in [-0.2, -0.15) is 0 Å². The first-order valence-electron chi connectivity index (χ1n) is 7.54. The van der Waals surface area contributed by atoms with Crippen LogP contribution in [0.1, 0.15) is 19.8 Å². The monoisotopic (exact) mass is 291 g/mol. The summed E-state index contributed by atoms with van der Waals surface area (Å²) in [6, 6.07) is 8.16. The van der Waals surface area contributed by atoms with Crippen LogP contribution in [0.5, 0.6) is 11.5 Å². The molecule has 0 saturated heterocycles. The third-order valence-corrected chi connectivity index (χ3v) is 3.71. The van der Waals surface area contributed by atoms with Crippen LogP contribution in [0.4, 0.5) is 0 Å². The average molecular weight is 291 g/mol. The molecule has 5 heteroatoms. The number of benzene rings is 1. The number of ether oxygens (including phenoxy) is 3. The van der Waals surface area contributed by atoms with E-state index < -0.39 is 0 Å². The van der Waals surface area contributed by atoms with Crippen LogP contribution >= 0.6 is 0 Å². The minimum atomic E-state index is -0.165. The lowest BCUT2D eigenvalue weighted by Crippen LogP contribution is -2.44. The molecule has 0 spiro atoms. The Kier molecular flexibility index (Phi) is 4.29. The normalized spacial score (nSPS) is 20.4. The van der Waals surface area contributed by atoms with Crippen molar-refractivity contribution in [1.29, 1.82) is 0 Å². The van der Waals surface area contributed by atoms with Crippen LogP contribution in [-0.4, -0.2) is 49.3 Å². The van der Waals surface area contributed by atoms with Gasteiger partial charge in [0.15, 0.2) is 11.5 Å². The Bertz CT molecular complexity index is 501. The van der Waals surface area contributed by atoms with Crippen molar-refractivity contribution in [2.24, 2.45) is 0 Å². The fourth-order valence-electron chi connectivity index (χ4n) is 2.57. The van der Waals surface area contributed by atoms with Gasteiger partial charge in [0, 0.05) is 12.6 Å². The second-order valence-electron chi connectivity index (χ2n) is 5.46. The van der Waals surface area contributed by atoms with Gasteiger partial charge in [-0.15, -0.1) is 0 Å². The summed E-state index contributed by atoms with van der Waals surface area (Å²) >= 11 is 0. The van der Waals surface area contributed by atoms with Gasteiger partial charge in [-0.1, -0.05) is 12.1 Å². The van der Waals surface area contributed by atoms with Crippen molar-refractivity contribution in [2.75, 3.05) is 26.3 Å². The largest absolute Gasteiger partial charge is 0.486 e. The number of fused-ring (bicyclic) bond motifs is 1. The molecule has 21 heavy (non-hydrogen) atoms. The molecule has 0 amide bonds. The zero-order chi connectivity index (χ0) is 14.7. The number of esters is 1. The fraction of sp³-hybridized carbons (Fsp3) is 0.562. The highest BCUT2D eigenvalue weighted by atomic mass is 16.6. The lowest BCUT2D eigenvalue weighted by molar-refractivity contribution is -0.145. The van der Waals surface area contributed by atoms with Gasteiger partial charge in [-0.3, -0.25) is 9.69 Å². The van der Waals surface area contributed by atoms with Gasteiger partial charge in [-0.25, -0.2) is 0 Å². The van der Waals surface area contributed by atoms with Gasteiger partial charge in [0.05, 0.1) is 13.2 Å².